The second-order valence-electron chi connectivity index (χ2n) is 7.49. The van der Waals surface area contributed by atoms with Crippen molar-refractivity contribution in [1.29, 1.82) is 0 Å². The number of furan rings is 1. The van der Waals surface area contributed by atoms with Crippen LogP contribution in [0.5, 0.6) is 0 Å². The normalized spacial score (nSPS) is 14.1. The van der Waals surface area contributed by atoms with Gasteiger partial charge in [-0.25, -0.2) is 0 Å². The molecule has 0 aliphatic carbocycles. The predicted molar refractivity (Wildman–Crippen MR) is 117 cm³/mol. The van der Waals surface area contributed by atoms with E-state index in [1.54, 1.807) is 26.4 Å². The van der Waals surface area contributed by atoms with Crippen LogP contribution in [0.4, 0.5) is 5.69 Å². The summed E-state index contributed by atoms with van der Waals surface area (Å²) in [5.41, 5.74) is 2.24. The smallest absolute Gasteiger partial charge is 0.291 e. The number of amides is 2. The van der Waals surface area contributed by atoms with Crippen LogP contribution in [0.1, 0.15) is 45.1 Å². The highest BCUT2D eigenvalue weighted by Crippen LogP contribution is 2.22. The van der Waals surface area contributed by atoms with Crippen LogP contribution in [0.25, 0.3) is 0 Å². The Morgan fingerprint density at radius 3 is 2.59 bits per heavy atom. The fourth-order valence-electron chi connectivity index (χ4n) is 3.60. The van der Waals surface area contributed by atoms with Gasteiger partial charge in [-0.05, 0) is 32.9 Å². The van der Waals surface area contributed by atoms with Crippen LogP contribution in [-0.2, 0) is 17.8 Å². The molecule has 0 spiro atoms. The Labute approximate surface area is 190 Å². The maximum Gasteiger partial charge on any atom is 0.291 e. The van der Waals surface area contributed by atoms with Crippen LogP contribution in [0.3, 0.4) is 0 Å². The Kier molecular flexibility index (Phi) is 6.33. The molecule has 3 aromatic heterocycles. The summed E-state index contributed by atoms with van der Waals surface area (Å²) in [5.74, 6) is 0.0340. The summed E-state index contributed by atoms with van der Waals surface area (Å²) in [6, 6.07) is 3.31. The Hall–Kier alpha value is -3.11. The molecule has 1 saturated heterocycles. The van der Waals surface area contributed by atoms with E-state index in [1.807, 2.05) is 20.8 Å². The van der Waals surface area contributed by atoms with Crippen LogP contribution < -0.4 is 5.32 Å². The Morgan fingerprint density at radius 2 is 1.94 bits per heavy atom. The van der Waals surface area contributed by atoms with E-state index in [9.17, 15) is 9.59 Å². The molecule has 10 nitrogen and oxygen atoms in total. The molecular formula is C21H25ClN6O4. The van der Waals surface area contributed by atoms with Crippen molar-refractivity contribution in [3.05, 3.63) is 52.0 Å². The summed E-state index contributed by atoms with van der Waals surface area (Å²) >= 11 is 6.20. The van der Waals surface area contributed by atoms with Crippen LogP contribution >= 0.6 is 11.6 Å². The number of carbonyl (C=O) groups excluding carboxylic acids is 2. The molecule has 1 fully saturated rings. The first kappa shape index (κ1) is 22.1. The van der Waals surface area contributed by atoms with E-state index >= 15 is 0 Å². The van der Waals surface area contributed by atoms with E-state index in [0.717, 1.165) is 11.4 Å². The highest BCUT2D eigenvalue weighted by Gasteiger charge is 2.26. The van der Waals surface area contributed by atoms with Gasteiger partial charge in [0.25, 0.3) is 11.8 Å². The van der Waals surface area contributed by atoms with Gasteiger partial charge in [0.05, 0.1) is 48.1 Å². The number of hydrogen-bond donors (Lipinski definition) is 1. The number of nitrogens with one attached hydrogen (secondary N) is 1. The zero-order valence-corrected chi connectivity index (χ0v) is 19.0. The summed E-state index contributed by atoms with van der Waals surface area (Å²) < 4.78 is 14.3. The first-order valence-corrected chi connectivity index (χ1v) is 10.8. The van der Waals surface area contributed by atoms with Crippen LogP contribution in [0.15, 0.2) is 22.7 Å². The lowest BCUT2D eigenvalue weighted by molar-refractivity contribution is 0.0295. The quantitative estimate of drug-likeness (QED) is 0.606. The van der Waals surface area contributed by atoms with E-state index in [4.69, 9.17) is 20.8 Å². The van der Waals surface area contributed by atoms with Crippen molar-refractivity contribution >= 4 is 29.1 Å². The summed E-state index contributed by atoms with van der Waals surface area (Å²) in [7, 11) is 0. The molecule has 0 unspecified atom stereocenters. The van der Waals surface area contributed by atoms with Gasteiger partial charge in [-0.15, -0.1) is 0 Å². The number of carbonyl (C=O) groups is 2. The van der Waals surface area contributed by atoms with Crippen molar-refractivity contribution in [2.24, 2.45) is 0 Å². The van der Waals surface area contributed by atoms with Gasteiger partial charge in [-0.2, -0.15) is 10.2 Å². The zero-order valence-electron chi connectivity index (χ0n) is 18.2. The molecule has 0 aromatic carbocycles. The topological polar surface area (TPSA) is 107 Å². The minimum absolute atomic E-state index is 0.127. The molecule has 11 heteroatoms. The molecule has 0 atom stereocenters. The SMILES string of the molecule is CCn1ncc(NC(=O)c2ccc(Cn3nc(C)c(Cl)c3C)o2)c1C(=O)N1CCOCC1. The first-order valence-electron chi connectivity index (χ1n) is 10.4. The molecule has 1 aliphatic heterocycles. The molecule has 0 radical (unpaired) electrons. The molecule has 0 saturated carbocycles. The maximum absolute atomic E-state index is 13.1. The number of nitrogens with zero attached hydrogens (tertiary/aromatic N) is 5. The minimum atomic E-state index is -0.464. The van der Waals surface area contributed by atoms with Gasteiger partial charge in [0.15, 0.2) is 5.76 Å². The van der Waals surface area contributed by atoms with Gasteiger partial charge in [0.2, 0.25) is 0 Å². The predicted octanol–water partition coefficient (Wildman–Crippen LogP) is 2.74. The number of rotatable bonds is 6. The van der Waals surface area contributed by atoms with E-state index < -0.39 is 5.91 Å². The van der Waals surface area contributed by atoms with Gasteiger partial charge in [-0.3, -0.25) is 19.0 Å². The fourth-order valence-corrected chi connectivity index (χ4v) is 3.74. The molecule has 1 N–H and O–H groups in total. The summed E-state index contributed by atoms with van der Waals surface area (Å²) in [5, 5.41) is 12.0. The summed E-state index contributed by atoms with van der Waals surface area (Å²) in [4.78, 5) is 27.6. The van der Waals surface area contributed by atoms with Gasteiger partial charge >= 0.3 is 0 Å². The van der Waals surface area contributed by atoms with E-state index in [1.165, 1.54) is 6.20 Å². The average molecular weight is 461 g/mol. The second-order valence-corrected chi connectivity index (χ2v) is 7.87. The molecule has 3 aromatic rings. The van der Waals surface area contributed by atoms with E-state index in [2.05, 4.69) is 15.5 Å². The second kappa shape index (κ2) is 9.17. The van der Waals surface area contributed by atoms with Crippen LogP contribution in [0, 0.1) is 13.8 Å². The molecule has 32 heavy (non-hydrogen) atoms. The van der Waals surface area contributed by atoms with Gasteiger partial charge < -0.3 is 19.4 Å². The van der Waals surface area contributed by atoms with Crippen molar-refractivity contribution < 1.29 is 18.7 Å². The molecule has 2 amide bonds. The monoisotopic (exact) mass is 460 g/mol. The lowest BCUT2D eigenvalue weighted by Gasteiger charge is -2.27. The third kappa shape index (κ3) is 4.28. The fraction of sp³-hybridized carbons (Fsp3) is 0.429. The number of hydrogen-bond acceptors (Lipinski definition) is 6. The Morgan fingerprint density at radius 1 is 1.19 bits per heavy atom. The molecule has 1 aliphatic rings. The van der Waals surface area contributed by atoms with E-state index in [0.29, 0.717) is 61.6 Å². The lowest BCUT2D eigenvalue weighted by atomic mass is 10.2. The van der Waals surface area contributed by atoms with Crippen molar-refractivity contribution in [1.82, 2.24) is 24.5 Å². The maximum atomic E-state index is 13.1. The highest BCUT2D eigenvalue weighted by molar-refractivity contribution is 6.31. The van der Waals surface area contributed by atoms with Gasteiger partial charge in [0, 0.05) is 19.6 Å². The summed E-state index contributed by atoms with van der Waals surface area (Å²) in [6.45, 7) is 8.42. The lowest BCUT2D eigenvalue weighted by Crippen LogP contribution is -2.41. The average Bonchev–Trinajstić information content (AvgIpc) is 3.49. The number of aromatic nitrogens is 4. The number of aryl methyl sites for hydroxylation is 2. The minimum Gasteiger partial charge on any atom is -0.454 e. The summed E-state index contributed by atoms with van der Waals surface area (Å²) in [6.07, 6.45) is 1.48. The van der Waals surface area contributed by atoms with Gasteiger partial charge in [-0.1, -0.05) is 11.6 Å². The number of anilines is 1. The van der Waals surface area contributed by atoms with Crippen molar-refractivity contribution in [2.45, 2.75) is 33.9 Å². The Bertz CT molecular complexity index is 1140. The third-order valence-corrected chi connectivity index (χ3v) is 5.92. The Balaban J connectivity index is 1.50. The highest BCUT2D eigenvalue weighted by atomic mass is 35.5. The number of ether oxygens (including phenoxy) is 1. The third-order valence-electron chi connectivity index (χ3n) is 5.37. The van der Waals surface area contributed by atoms with Crippen LogP contribution in [0.2, 0.25) is 5.02 Å². The van der Waals surface area contributed by atoms with Crippen LogP contribution in [-0.4, -0.2) is 62.6 Å². The molecule has 4 rings (SSSR count). The largest absolute Gasteiger partial charge is 0.454 e. The molecular weight excluding hydrogens is 436 g/mol. The van der Waals surface area contributed by atoms with Gasteiger partial charge in [0.1, 0.15) is 11.5 Å². The van der Waals surface area contributed by atoms with E-state index in [-0.39, 0.29) is 11.7 Å². The number of halogens is 1. The van der Waals surface area contributed by atoms with Crippen molar-refractivity contribution in [3.8, 4) is 0 Å². The molecule has 0 bridgehead atoms. The number of morpholine rings is 1. The first-order chi connectivity index (χ1) is 15.4. The van der Waals surface area contributed by atoms with Crippen molar-refractivity contribution in [2.75, 3.05) is 31.6 Å². The molecule has 4 heterocycles. The molecule has 170 valence electrons. The zero-order chi connectivity index (χ0) is 22.8. The standard InChI is InChI=1S/C21H25ClN6O4/c1-4-27-19(21(30)26-7-9-31-10-8-26)16(11-23-27)24-20(29)17-6-5-15(32-17)12-28-14(3)18(22)13(2)25-28/h5-6,11H,4,7-10,12H2,1-3H3,(H,24,29). The van der Waals surface area contributed by atoms with Crippen molar-refractivity contribution in [3.63, 3.8) is 0 Å².